The van der Waals surface area contributed by atoms with E-state index in [1.54, 1.807) is 11.0 Å². The van der Waals surface area contributed by atoms with E-state index >= 15 is 4.39 Å². The summed E-state index contributed by atoms with van der Waals surface area (Å²) in [5, 5.41) is 3.06. The number of imidazole rings is 1. The first-order chi connectivity index (χ1) is 20.7. The van der Waals surface area contributed by atoms with Gasteiger partial charge in [0.1, 0.15) is 11.4 Å². The molecule has 2 amide bonds. The van der Waals surface area contributed by atoms with Crippen molar-refractivity contribution in [2.75, 3.05) is 32.7 Å². The normalized spacial score (nSPS) is 18.0. The van der Waals surface area contributed by atoms with Crippen molar-refractivity contribution >= 4 is 38.5 Å². The molecule has 1 atom stereocenters. The summed E-state index contributed by atoms with van der Waals surface area (Å²) in [4.78, 5) is 35.2. The smallest absolute Gasteiger partial charge is 0.410 e. The molecule has 0 spiro atoms. The van der Waals surface area contributed by atoms with E-state index in [1.807, 2.05) is 55.6 Å². The molecule has 4 heterocycles. The number of halogens is 1. The summed E-state index contributed by atoms with van der Waals surface area (Å²) in [5.74, 6) is -0.440. The quantitative estimate of drug-likeness (QED) is 0.229. The highest BCUT2D eigenvalue weighted by Crippen LogP contribution is 2.36. The van der Waals surface area contributed by atoms with Crippen molar-refractivity contribution in [3.05, 3.63) is 59.5 Å². The van der Waals surface area contributed by atoms with Gasteiger partial charge in [-0.05, 0) is 108 Å². The molecule has 43 heavy (non-hydrogen) atoms. The molecule has 2 aromatic carbocycles. The third kappa shape index (κ3) is 6.55. The first-order valence-corrected chi connectivity index (χ1v) is 16.2. The Morgan fingerprint density at radius 3 is 2.65 bits per heavy atom. The van der Waals surface area contributed by atoms with Gasteiger partial charge in [0.2, 0.25) is 0 Å². The van der Waals surface area contributed by atoms with E-state index in [2.05, 4.69) is 10.2 Å². The number of carbonyl (C=O) groups excluding carboxylic acids is 2. The molecule has 2 aliphatic heterocycles. The van der Waals surface area contributed by atoms with Crippen LogP contribution in [0.15, 0.2) is 42.6 Å². The standard InChI is InChI=1S/C33H40FN5O3S/c1-33(2,3)42-32(41)38-18-7-9-27(38)22-10-12-24(25(34)19-22)26-21-39-28-13-11-23(20-29(28)43-31(39)36-26)30(40)35-14-8-17-37-15-5-4-6-16-37/h10-13,19-21,27H,4-9,14-18H2,1-3H3,(H,35,40). The zero-order chi connectivity index (χ0) is 30.1. The average molecular weight is 606 g/mol. The molecule has 2 aromatic heterocycles. The van der Waals surface area contributed by atoms with E-state index < -0.39 is 5.60 Å². The average Bonchev–Trinajstić information content (AvgIpc) is 3.70. The van der Waals surface area contributed by atoms with Crippen molar-refractivity contribution in [3.8, 4) is 11.3 Å². The Hall–Kier alpha value is -3.50. The Balaban J connectivity index is 1.13. The van der Waals surface area contributed by atoms with Gasteiger partial charge in [-0.3, -0.25) is 9.20 Å². The zero-order valence-corrected chi connectivity index (χ0v) is 26.0. The number of carbonyl (C=O) groups is 2. The highest BCUT2D eigenvalue weighted by Gasteiger charge is 2.33. The van der Waals surface area contributed by atoms with E-state index in [0.717, 1.165) is 46.5 Å². The molecular formula is C33H40FN5O3S. The van der Waals surface area contributed by atoms with Gasteiger partial charge >= 0.3 is 6.09 Å². The summed E-state index contributed by atoms with van der Waals surface area (Å²) in [6.45, 7) is 10.1. The minimum Gasteiger partial charge on any atom is -0.444 e. The maximum atomic E-state index is 15.5. The van der Waals surface area contributed by atoms with Crippen molar-refractivity contribution in [3.63, 3.8) is 0 Å². The number of rotatable bonds is 7. The zero-order valence-electron chi connectivity index (χ0n) is 25.2. The van der Waals surface area contributed by atoms with Gasteiger partial charge in [-0.25, -0.2) is 14.2 Å². The summed E-state index contributed by atoms with van der Waals surface area (Å²) < 4.78 is 24.0. The number of hydrogen-bond donors (Lipinski definition) is 1. The van der Waals surface area contributed by atoms with E-state index in [1.165, 1.54) is 49.8 Å². The number of benzene rings is 2. The monoisotopic (exact) mass is 605 g/mol. The second-order valence-corrected chi connectivity index (χ2v) is 13.7. The van der Waals surface area contributed by atoms with E-state index in [-0.39, 0.29) is 23.9 Å². The van der Waals surface area contributed by atoms with Crippen LogP contribution in [0, 0.1) is 5.82 Å². The lowest BCUT2D eigenvalue weighted by Gasteiger charge is -2.29. The fourth-order valence-electron chi connectivity index (χ4n) is 6.16. The lowest BCUT2D eigenvalue weighted by molar-refractivity contribution is 0.0224. The number of likely N-dealkylation sites (tertiary alicyclic amines) is 2. The van der Waals surface area contributed by atoms with Crippen molar-refractivity contribution in [2.45, 2.75) is 70.9 Å². The summed E-state index contributed by atoms with van der Waals surface area (Å²) in [6, 6.07) is 10.6. The van der Waals surface area contributed by atoms with Crippen molar-refractivity contribution in [2.24, 2.45) is 0 Å². The largest absolute Gasteiger partial charge is 0.444 e. The SMILES string of the molecule is CC(C)(C)OC(=O)N1CCCC1c1ccc(-c2cn3c(n2)sc2cc(C(=O)NCCCN4CCCCC4)ccc23)c(F)c1. The molecule has 2 fully saturated rings. The predicted molar refractivity (Wildman–Crippen MR) is 168 cm³/mol. The second-order valence-electron chi connectivity index (χ2n) is 12.6. The highest BCUT2D eigenvalue weighted by molar-refractivity contribution is 7.23. The van der Waals surface area contributed by atoms with Gasteiger partial charge < -0.3 is 19.9 Å². The molecule has 0 saturated carbocycles. The van der Waals surface area contributed by atoms with Crippen LogP contribution in [0.25, 0.3) is 26.4 Å². The number of hydrogen-bond acceptors (Lipinski definition) is 6. The predicted octanol–water partition coefficient (Wildman–Crippen LogP) is 7.03. The first-order valence-electron chi connectivity index (χ1n) is 15.4. The van der Waals surface area contributed by atoms with Crippen LogP contribution in [0.2, 0.25) is 0 Å². The molecule has 4 aromatic rings. The van der Waals surface area contributed by atoms with E-state index in [9.17, 15) is 9.59 Å². The number of fused-ring (bicyclic) bond motifs is 3. The van der Waals surface area contributed by atoms with E-state index in [4.69, 9.17) is 9.72 Å². The molecule has 0 aliphatic carbocycles. The molecular weight excluding hydrogens is 565 g/mol. The molecule has 0 bridgehead atoms. The van der Waals surface area contributed by atoms with Gasteiger partial charge in [-0.2, -0.15) is 0 Å². The number of ether oxygens (including phenoxy) is 1. The molecule has 0 radical (unpaired) electrons. The lowest BCUT2D eigenvalue weighted by Crippen LogP contribution is -2.36. The number of thiazole rings is 1. The fourth-order valence-corrected chi connectivity index (χ4v) is 7.21. The van der Waals surface area contributed by atoms with Crippen LogP contribution >= 0.6 is 11.3 Å². The summed E-state index contributed by atoms with van der Waals surface area (Å²) in [6.07, 6.45) is 7.91. The van der Waals surface area contributed by atoms with Crippen LogP contribution in [-0.4, -0.2) is 69.5 Å². The molecule has 1 unspecified atom stereocenters. The molecule has 6 rings (SSSR count). The highest BCUT2D eigenvalue weighted by atomic mass is 32.1. The summed E-state index contributed by atoms with van der Waals surface area (Å²) >= 11 is 1.48. The van der Waals surface area contributed by atoms with Gasteiger partial charge in [0.25, 0.3) is 5.91 Å². The van der Waals surface area contributed by atoms with Crippen LogP contribution in [0.5, 0.6) is 0 Å². The maximum Gasteiger partial charge on any atom is 0.410 e. The number of nitrogens with zero attached hydrogens (tertiary/aromatic N) is 4. The van der Waals surface area contributed by atoms with Crippen LogP contribution in [0.3, 0.4) is 0 Å². The Morgan fingerprint density at radius 1 is 1.07 bits per heavy atom. The summed E-state index contributed by atoms with van der Waals surface area (Å²) in [5.41, 5.74) is 2.69. The molecule has 8 nitrogen and oxygen atoms in total. The van der Waals surface area contributed by atoms with Crippen molar-refractivity contribution in [1.82, 2.24) is 24.5 Å². The molecule has 2 saturated heterocycles. The minimum atomic E-state index is -0.585. The third-order valence-electron chi connectivity index (χ3n) is 8.28. The minimum absolute atomic E-state index is 0.0677. The van der Waals surface area contributed by atoms with Gasteiger partial charge in [-0.15, -0.1) is 0 Å². The van der Waals surface area contributed by atoms with Gasteiger partial charge in [0.05, 0.1) is 22.0 Å². The molecule has 2 aliphatic rings. The number of aromatic nitrogens is 2. The maximum absolute atomic E-state index is 15.5. The van der Waals surface area contributed by atoms with Crippen molar-refractivity contribution < 1.29 is 18.7 Å². The Bertz CT molecular complexity index is 1630. The second kappa shape index (κ2) is 12.2. The van der Waals surface area contributed by atoms with Crippen LogP contribution in [0.4, 0.5) is 9.18 Å². The van der Waals surface area contributed by atoms with Crippen LogP contribution in [-0.2, 0) is 4.74 Å². The van der Waals surface area contributed by atoms with Crippen LogP contribution < -0.4 is 5.32 Å². The number of piperidine rings is 1. The Kier molecular flexibility index (Phi) is 8.42. The van der Waals surface area contributed by atoms with Gasteiger partial charge in [-0.1, -0.05) is 23.8 Å². The van der Waals surface area contributed by atoms with Gasteiger partial charge in [0.15, 0.2) is 4.96 Å². The number of nitrogens with one attached hydrogen (secondary N) is 1. The van der Waals surface area contributed by atoms with Crippen LogP contribution in [0.1, 0.15) is 81.3 Å². The van der Waals surface area contributed by atoms with E-state index in [0.29, 0.717) is 29.9 Å². The first kappa shape index (κ1) is 29.6. The molecule has 1 N–H and O–H groups in total. The third-order valence-corrected chi connectivity index (χ3v) is 9.29. The lowest BCUT2D eigenvalue weighted by atomic mass is 10.0. The Morgan fingerprint density at radius 2 is 1.88 bits per heavy atom. The Labute approximate surface area is 255 Å². The molecule has 228 valence electrons. The topological polar surface area (TPSA) is 79.2 Å². The number of amides is 2. The fraction of sp³-hybridized carbons (Fsp3) is 0.485. The van der Waals surface area contributed by atoms with Crippen molar-refractivity contribution in [1.29, 1.82) is 0 Å². The summed E-state index contributed by atoms with van der Waals surface area (Å²) in [7, 11) is 0. The van der Waals surface area contributed by atoms with Gasteiger partial charge in [0, 0.05) is 30.4 Å². The molecule has 10 heteroatoms.